The van der Waals surface area contributed by atoms with Gasteiger partial charge in [0, 0.05) is 26.1 Å². The van der Waals surface area contributed by atoms with Crippen LogP contribution in [0.1, 0.15) is 57.4 Å². The lowest BCUT2D eigenvalue weighted by Gasteiger charge is -2.44. The molecular weight excluding hydrogens is 340 g/mol. The summed E-state index contributed by atoms with van der Waals surface area (Å²) in [6.45, 7) is 4.48. The fourth-order valence-electron chi connectivity index (χ4n) is 4.64. The Hall–Kier alpha value is -2.04. The zero-order valence-corrected chi connectivity index (χ0v) is 16.7. The summed E-state index contributed by atoms with van der Waals surface area (Å²) in [6, 6.07) is 8.01. The molecule has 1 spiro atoms. The highest BCUT2D eigenvalue weighted by atomic mass is 16.5. The van der Waals surface area contributed by atoms with Crippen LogP contribution in [0.25, 0.3) is 0 Å². The zero-order valence-electron chi connectivity index (χ0n) is 16.7. The van der Waals surface area contributed by atoms with E-state index in [1.54, 1.807) is 7.11 Å². The third-order valence-electron chi connectivity index (χ3n) is 6.00. The first kappa shape index (κ1) is 19.7. The number of carbonyl (C=O) groups excluding carboxylic acids is 2. The molecule has 5 heteroatoms. The molecule has 3 rings (SSSR count). The van der Waals surface area contributed by atoms with Crippen LogP contribution in [0.2, 0.25) is 0 Å². The Bertz CT molecular complexity index is 656. The predicted octanol–water partition coefficient (Wildman–Crippen LogP) is 3.41. The van der Waals surface area contributed by atoms with E-state index in [1.165, 1.54) is 5.56 Å². The molecule has 1 atom stereocenters. The van der Waals surface area contributed by atoms with Crippen LogP contribution in [0, 0.1) is 0 Å². The number of carbonyl (C=O) groups is 2. The third kappa shape index (κ3) is 4.12. The van der Waals surface area contributed by atoms with E-state index in [1.807, 2.05) is 34.1 Å². The maximum Gasteiger partial charge on any atom is 0.248 e. The van der Waals surface area contributed by atoms with Crippen LogP contribution < -0.4 is 4.74 Å². The van der Waals surface area contributed by atoms with Gasteiger partial charge in [-0.3, -0.25) is 9.59 Å². The van der Waals surface area contributed by atoms with Gasteiger partial charge in [-0.1, -0.05) is 19.1 Å². The Balaban J connectivity index is 1.59. The van der Waals surface area contributed by atoms with Gasteiger partial charge in [-0.25, -0.2) is 0 Å². The summed E-state index contributed by atoms with van der Waals surface area (Å²) >= 11 is 0. The highest BCUT2D eigenvalue weighted by Gasteiger charge is 2.52. The zero-order chi connectivity index (χ0) is 19.3. The smallest absolute Gasteiger partial charge is 0.248 e. The van der Waals surface area contributed by atoms with Gasteiger partial charge in [0.1, 0.15) is 11.3 Å². The minimum Gasteiger partial charge on any atom is -0.497 e. The van der Waals surface area contributed by atoms with Crippen molar-refractivity contribution in [3.63, 3.8) is 0 Å². The molecule has 1 aromatic carbocycles. The Kier molecular flexibility index (Phi) is 6.40. The van der Waals surface area contributed by atoms with Crippen molar-refractivity contribution in [1.29, 1.82) is 0 Å². The molecule has 148 valence electrons. The third-order valence-corrected chi connectivity index (χ3v) is 6.00. The number of amides is 2. The van der Waals surface area contributed by atoms with Gasteiger partial charge in [0.25, 0.3) is 0 Å². The topological polar surface area (TPSA) is 49.9 Å². The van der Waals surface area contributed by atoms with Gasteiger partial charge >= 0.3 is 0 Å². The first-order valence-electron chi connectivity index (χ1n) is 10.3. The van der Waals surface area contributed by atoms with E-state index in [4.69, 9.17) is 4.74 Å². The lowest BCUT2D eigenvalue weighted by molar-refractivity contribution is -0.155. The van der Waals surface area contributed by atoms with E-state index < -0.39 is 5.54 Å². The standard InChI is InChI=1S/C22H32N2O3/c1-3-15-23-16-5-13-22(21(23)26)14-6-17-24(22)20(25)8-4-7-18-9-11-19(27-2)12-10-18/h9-12H,3-8,13-17H2,1-2H3. The number of hydrogen-bond acceptors (Lipinski definition) is 3. The second-order valence-corrected chi connectivity index (χ2v) is 7.78. The van der Waals surface area contributed by atoms with E-state index >= 15 is 0 Å². The Morgan fingerprint density at radius 1 is 1.15 bits per heavy atom. The largest absolute Gasteiger partial charge is 0.497 e. The molecular formula is C22H32N2O3. The van der Waals surface area contributed by atoms with Gasteiger partial charge in [-0.15, -0.1) is 0 Å². The van der Waals surface area contributed by atoms with Crippen molar-refractivity contribution in [2.45, 2.75) is 63.8 Å². The SMILES string of the molecule is CCCN1CCCC2(CCCN2C(=O)CCCc2ccc(OC)cc2)C1=O. The fraction of sp³-hybridized carbons (Fsp3) is 0.636. The summed E-state index contributed by atoms with van der Waals surface area (Å²) in [4.78, 5) is 30.0. The molecule has 2 saturated heterocycles. The highest BCUT2D eigenvalue weighted by molar-refractivity contribution is 5.92. The minimum atomic E-state index is -0.551. The number of benzene rings is 1. The molecule has 0 N–H and O–H groups in total. The van der Waals surface area contributed by atoms with Gasteiger partial charge in [0.15, 0.2) is 0 Å². The molecule has 0 aromatic heterocycles. The van der Waals surface area contributed by atoms with E-state index in [2.05, 4.69) is 6.92 Å². The van der Waals surface area contributed by atoms with E-state index in [-0.39, 0.29) is 11.8 Å². The first-order valence-corrected chi connectivity index (χ1v) is 10.3. The number of ether oxygens (including phenoxy) is 1. The lowest BCUT2D eigenvalue weighted by Crippen LogP contribution is -2.61. The number of piperidine rings is 1. The number of likely N-dealkylation sites (tertiary alicyclic amines) is 2. The van der Waals surface area contributed by atoms with Crippen LogP contribution in [-0.2, 0) is 16.0 Å². The second kappa shape index (κ2) is 8.77. The molecule has 0 aliphatic carbocycles. The summed E-state index contributed by atoms with van der Waals surface area (Å²) in [5, 5.41) is 0. The van der Waals surface area contributed by atoms with Gasteiger partial charge in [0.05, 0.1) is 7.11 Å². The van der Waals surface area contributed by atoms with Crippen LogP contribution in [0.3, 0.4) is 0 Å². The molecule has 2 heterocycles. The maximum absolute atomic E-state index is 13.1. The summed E-state index contributed by atoms with van der Waals surface area (Å²) in [5.41, 5.74) is 0.660. The van der Waals surface area contributed by atoms with Gasteiger partial charge < -0.3 is 14.5 Å². The summed E-state index contributed by atoms with van der Waals surface area (Å²) < 4.78 is 5.18. The van der Waals surface area contributed by atoms with Crippen molar-refractivity contribution < 1.29 is 14.3 Å². The lowest BCUT2D eigenvalue weighted by atomic mass is 9.85. The van der Waals surface area contributed by atoms with Crippen LogP contribution in [0.5, 0.6) is 5.75 Å². The molecule has 1 aromatic rings. The number of aryl methyl sites for hydroxylation is 1. The van der Waals surface area contributed by atoms with Crippen LogP contribution in [-0.4, -0.2) is 53.9 Å². The quantitative estimate of drug-likeness (QED) is 0.737. The molecule has 2 aliphatic heterocycles. The molecule has 2 aliphatic rings. The van der Waals surface area contributed by atoms with Crippen molar-refractivity contribution in [2.75, 3.05) is 26.7 Å². The molecule has 27 heavy (non-hydrogen) atoms. The number of nitrogens with zero attached hydrogens (tertiary/aromatic N) is 2. The molecule has 2 fully saturated rings. The Labute approximate surface area is 162 Å². The average Bonchev–Trinajstić information content (AvgIpc) is 3.11. The van der Waals surface area contributed by atoms with E-state index in [0.717, 1.165) is 70.3 Å². The van der Waals surface area contributed by atoms with Gasteiger partial charge in [0.2, 0.25) is 11.8 Å². The van der Waals surface area contributed by atoms with Crippen LogP contribution in [0.4, 0.5) is 0 Å². The summed E-state index contributed by atoms with van der Waals surface area (Å²) in [7, 11) is 1.66. The van der Waals surface area contributed by atoms with Gasteiger partial charge in [-0.2, -0.15) is 0 Å². The molecule has 0 radical (unpaired) electrons. The summed E-state index contributed by atoms with van der Waals surface area (Å²) in [5.74, 6) is 1.19. The maximum atomic E-state index is 13.1. The van der Waals surface area contributed by atoms with E-state index in [9.17, 15) is 9.59 Å². The Morgan fingerprint density at radius 3 is 2.52 bits per heavy atom. The van der Waals surface area contributed by atoms with Gasteiger partial charge in [-0.05, 0) is 62.6 Å². The van der Waals surface area contributed by atoms with Crippen molar-refractivity contribution in [3.05, 3.63) is 29.8 Å². The minimum absolute atomic E-state index is 0.146. The van der Waals surface area contributed by atoms with Crippen molar-refractivity contribution in [1.82, 2.24) is 9.80 Å². The molecule has 0 saturated carbocycles. The normalized spacial score (nSPS) is 22.5. The average molecular weight is 373 g/mol. The first-order chi connectivity index (χ1) is 13.1. The fourth-order valence-corrected chi connectivity index (χ4v) is 4.64. The molecule has 1 unspecified atom stereocenters. The molecule has 2 amide bonds. The van der Waals surface area contributed by atoms with Crippen molar-refractivity contribution in [3.8, 4) is 5.75 Å². The summed E-state index contributed by atoms with van der Waals surface area (Å²) in [6.07, 6.45) is 6.76. The van der Waals surface area contributed by atoms with E-state index in [0.29, 0.717) is 6.42 Å². The second-order valence-electron chi connectivity index (χ2n) is 7.78. The number of methoxy groups -OCH3 is 1. The van der Waals surface area contributed by atoms with Crippen molar-refractivity contribution in [2.24, 2.45) is 0 Å². The monoisotopic (exact) mass is 372 g/mol. The number of rotatable bonds is 7. The van der Waals surface area contributed by atoms with Crippen LogP contribution >= 0.6 is 0 Å². The Morgan fingerprint density at radius 2 is 1.85 bits per heavy atom. The predicted molar refractivity (Wildman–Crippen MR) is 106 cm³/mol. The number of hydrogen-bond donors (Lipinski definition) is 0. The molecule has 0 bridgehead atoms. The molecule has 5 nitrogen and oxygen atoms in total. The van der Waals surface area contributed by atoms with Crippen LogP contribution in [0.15, 0.2) is 24.3 Å². The van der Waals surface area contributed by atoms with Crippen molar-refractivity contribution >= 4 is 11.8 Å². The highest BCUT2D eigenvalue weighted by Crippen LogP contribution is 2.38.